The van der Waals surface area contributed by atoms with Crippen LogP contribution in [0.25, 0.3) is 0 Å². The summed E-state index contributed by atoms with van der Waals surface area (Å²) < 4.78 is 1.10. The molecule has 1 aromatic carbocycles. The number of nitrogens with two attached hydrogens (primary N) is 1. The van der Waals surface area contributed by atoms with Gasteiger partial charge in [0, 0.05) is 23.2 Å². The van der Waals surface area contributed by atoms with Crippen LogP contribution in [0.1, 0.15) is 20.3 Å². The molecule has 0 atom stereocenters. The van der Waals surface area contributed by atoms with Gasteiger partial charge in [0.2, 0.25) is 0 Å². The highest BCUT2D eigenvalue weighted by Gasteiger charge is 2.29. The quantitative estimate of drug-likeness (QED) is 0.793. The minimum absolute atomic E-state index is 0.431. The third-order valence-electron chi connectivity index (χ3n) is 2.99. The van der Waals surface area contributed by atoms with Crippen LogP contribution in [-0.4, -0.2) is 13.1 Å². The van der Waals surface area contributed by atoms with Gasteiger partial charge in [0.25, 0.3) is 0 Å². The second-order valence-corrected chi connectivity index (χ2v) is 5.90. The lowest BCUT2D eigenvalue weighted by Crippen LogP contribution is -2.22. The van der Waals surface area contributed by atoms with E-state index in [9.17, 15) is 0 Å². The zero-order valence-corrected chi connectivity index (χ0v) is 10.8. The number of nitrogens with zero attached hydrogens (tertiary/aromatic N) is 1. The van der Waals surface area contributed by atoms with Crippen LogP contribution >= 0.6 is 15.9 Å². The molecule has 0 unspecified atom stereocenters. The molecule has 1 aliphatic heterocycles. The van der Waals surface area contributed by atoms with Crippen molar-refractivity contribution in [3.63, 3.8) is 0 Å². The van der Waals surface area contributed by atoms with Gasteiger partial charge < -0.3 is 10.6 Å². The number of hydrogen-bond donors (Lipinski definition) is 1. The molecule has 1 fully saturated rings. The maximum atomic E-state index is 5.73. The van der Waals surface area contributed by atoms with E-state index in [0.717, 1.165) is 23.2 Å². The van der Waals surface area contributed by atoms with Gasteiger partial charge in [-0.15, -0.1) is 0 Å². The summed E-state index contributed by atoms with van der Waals surface area (Å²) in [6.07, 6.45) is 1.25. The predicted octanol–water partition coefficient (Wildman–Crippen LogP) is 3.27. The van der Waals surface area contributed by atoms with E-state index < -0.39 is 0 Å². The van der Waals surface area contributed by atoms with Crippen LogP contribution in [0, 0.1) is 5.41 Å². The lowest BCUT2D eigenvalue weighted by molar-refractivity contribution is 0.418. The molecule has 0 saturated carbocycles. The first-order chi connectivity index (χ1) is 6.98. The molecule has 0 bridgehead atoms. The molecule has 82 valence electrons. The topological polar surface area (TPSA) is 29.3 Å². The molecule has 1 aromatic rings. The van der Waals surface area contributed by atoms with Crippen LogP contribution in [0.2, 0.25) is 0 Å². The number of hydrogen-bond acceptors (Lipinski definition) is 2. The van der Waals surface area contributed by atoms with Crippen molar-refractivity contribution in [2.45, 2.75) is 20.3 Å². The van der Waals surface area contributed by atoms with Crippen LogP contribution in [0.3, 0.4) is 0 Å². The molecule has 0 radical (unpaired) electrons. The Balaban J connectivity index is 2.24. The fourth-order valence-corrected chi connectivity index (χ4v) is 2.74. The molecule has 2 N–H and O–H groups in total. The maximum absolute atomic E-state index is 5.73. The van der Waals surface area contributed by atoms with Gasteiger partial charge in [-0.05, 0) is 46.0 Å². The Bertz CT molecular complexity index is 374. The highest BCUT2D eigenvalue weighted by Crippen LogP contribution is 2.36. The van der Waals surface area contributed by atoms with Gasteiger partial charge in [-0.3, -0.25) is 0 Å². The van der Waals surface area contributed by atoms with Crippen molar-refractivity contribution >= 4 is 27.3 Å². The van der Waals surface area contributed by atoms with E-state index in [1.54, 1.807) is 0 Å². The van der Waals surface area contributed by atoms with Crippen LogP contribution in [-0.2, 0) is 0 Å². The monoisotopic (exact) mass is 268 g/mol. The average Bonchev–Trinajstić information content (AvgIpc) is 2.46. The summed E-state index contributed by atoms with van der Waals surface area (Å²) in [7, 11) is 0. The summed E-state index contributed by atoms with van der Waals surface area (Å²) in [5.41, 5.74) is 8.23. The average molecular weight is 269 g/mol. The largest absolute Gasteiger partial charge is 0.399 e. The van der Waals surface area contributed by atoms with Crippen molar-refractivity contribution in [2.75, 3.05) is 23.7 Å². The Morgan fingerprint density at radius 3 is 2.67 bits per heavy atom. The van der Waals surface area contributed by atoms with E-state index >= 15 is 0 Å². The maximum Gasteiger partial charge on any atom is 0.0512 e. The SMILES string of the molecule is CC1(C)CCN(c2ccc(N)cc2Br)C1. The van der Waals surface area contributed by atoms with Crippen molar-refractivity contribution in [3.05, 3.63) is 22.7 Å². The Morgan fingerprint density at radius 2 is 2.13 bits per heavy atom. The van der Waals surface area contributed by atoms with Crippen molar-refractivity contribution < 1.29 is 0 Å². The molecular formula is C12H17BrN2. The van der Waals surface area contributed by atoms with E-state index in [0.29, 0.717) is 5.41 Å². The smallest absolute Gasteiger partial charge is 0.0512 e. The lowest BCUT2D eigenvalue weighted by atomic mass is 9.93. The molecule has 1 saturated heterocycles. The fraction of sp³-hybridized carbons (Fsp3) is 0.500. The number of anilines is 2. The third-order valence-corrected chi connectivity index (χ3v) is 3.62. The predicted molar refractivity (Wildman–Crippen MR) is 69.2 cm³/mol. The van der Waals surface area contributed by atoms with Gasteiger partial charge in [-0.1, -0.05) is 13.8 Å². The second-order valence-electron chi connectivity index (χ2n) is 5.05. The van der Waals surface area contributed by atoms with Crippen LogP contribution < -0.4 is 10.6 Å². The molecule has 2 nitrogen and oxygen atoms in total. The fourth-order valence-electron chi connectivity index (χ4n) is 2.10. The van der Waals surface area contributed by atoms with Crippen LogP contribution in [0.15, 0.2) is 22.7 Å². The highest BCUT2D eigenvalue weighted by atomic mass is 79.9. The summed E-state index contributed by atoms with van der Waals surface area (Å²) in [4.78, 5) is 2.42. The van der Waals surface area contributed by atoms with E-state index in [4.69, 9.17) is 5.73 Å². The van der Waals surface area contributed by atoms with E-state index in [2.05, 4.69) is 40.7 Å². The summed E-state index contributed by atoms with van der Waals surface area (Å²) >= 11 is 3.57. The molecule has 1 heterocycles. The van der Waals surface area contributed by atoms with Crippen molar-refractivity contribution in [1.29, 1.82) is 0 Å². The number of nitrogen functional groups attached to an aromatic ring is 1. The number of halogens is 1. The molecule has 0 spiro atoms. The van der Waals surface area contributed by atoms with E-state index in [1.807, 2.05) is 12.1 Å². The molecular weight excluding hydrogens is 252 g/mol. The lowest BCUT2D eigenvalue weighted by Gasteiger charge is -2.22. The van der Waals surface area contributed by atoms with Crippen LogP contribution in [0.4, 0.5) is 11.4 Å². The minimum Gasteiger partial charge on any atom is -0.399 e. The molecule has 15 heavy (non-hydrogen) atoms. The molecule has 3 heteroatoms. The van der Waals surface area contributed by atoms with Gasteiger partial charge in [0.15, 0.2) is 0 Å². The van der Waals surface area contributed by atoms with E-state index in [-0.39, 0.29) is 0 Å². The van der Waals surface area contributed by atoms with Gasteiger partial charge in [0.1, 0.15) is 0 Å². The van der Waals surface area contributed by atoms with E-state index in [1.165, 1.54) is 12.1 Å². The first-order valence-electron chi connectivity index (χ1n) is 5.28. The summed E-state index contributed by atoms with van der Waals surface area (Å²) in [6, 6.07) is 6.03. The summed E-state index contributed by atoms with van der Waals surface area (Å²) in [6.45, 7) is 6.89. The molecule has 0 amide bonds. The highest BCUT2D eigenvalue weighted by molar-refractivity contribution is 9.10. The standard InChI is InChI=1S/C12H17BrN2/c1-12(2)5-6-15(8-12)11-4-3-9(14)7-10(11)13/h3-4,7H,5-6,8,14H2,1-2H3. The van der Waals surface area contributed by atoms with Gasteiger partial charge in [0.05, 0.1) is 5.69 Å². The Hall–Kier alpha value is -0.700. The van der Waals surface area contributed by atoms with Crippen molar-refractivity contribution in [1.82, 2.24) is 0 Å². The first-order valence-corrected chi connectivity index (χ1v) is 6.07. The van der Waals surface area contributed by atoms with Crippen LogP contribution in [0.5, 0.6) is 0 Å². The van der Waals surface area contributed by atoms with Gasteiger partial charge in [-0.25, -0.2) is 0 Å². The molecule has 1 aliphatic rings. The molecule has 0 aromatic heterocycles. The number of rotatable bonds is 1. The van der Waals surface area contributed by atoms with Gasteiger partial charge in [-0.2, -0.15) is 0 Å². The zero-order chi connectivity index (χ0) is 11.1. The minimum atomic E-state index is 0.431. The normalized spacial score (nSPS) is 19.5. The van der Waals surface area contributed by atoms with Crippen molar-refractivity contribution in [3.8, 4) is 0 Å². The Morgan fingerprint density at radius 1 is 1.40 bits per heavy atom. The zero-order valence-electron chi connectivity index (χ0n) is 9.26. The third kappa shape index (κ3) is 2.28. The van der Waals surface area contributed by atoms with Crippen molar-refractivity contribution in [2.24, 2.45) is 5.41 Å². The van der Waals surface area contributed by atoms with Gasteiger partial charge >= 0.3 is 0 Å². The Labute approximate surface area is 99.6 Å². The first kappa shape index (κ1) is 10.8. The second kappa shape index (κ2) is 3.71. The summed E-state index contributed by atoms with van der Waals surface area (Å²) in [5.74, 6) is 0. The number of benzene rings is 1. The Kier molecular flexibility index (Phi) is 2.67. The summed E-state index contributed by atoms with van der Waals surface area (Å²) in [5, 5.41) is 0. The molecule has 0 aliphatic carbocycles. The molecule has 2 rings (SSSR count).